The third-order valence-corrected chi connectivity index (χ3v) is 5.21. The Morgan fingerprint density at radius 2 is 1.96 bits per heavy atom. The summed E-state index contributed by atoms with van der Waals surface area (Å²) < 4.78 is 39.8. The highest BCUT2D eigenvalue weighted by Gasteiger charge is 2.49. The molecule has 0 spiro atoms. The molecule has 2 saturated heterocycles. The van der Waals surface area contributed by atoms with Crippen LogP contribution in [0.25, 0.3) is 0 Å². The SMILES string of the molecule is Cc1c(C(F)(F)F)nn(C)c1NC(=O)N1C[C@H]2CN(C)C[C@@]2(C)C1. The van der Waals surface area contributed by atoms with Crippen LogP contribution >= 0.6 is 0 Å². The third-order valence-electron chi connectivity index (χ3n) is 5.21. The summed E-state index contributed by atoms with van der Waals surface area (Å²) in [4.78, 5) is 16.5. The van der Waals surface area contributed by atoms with E-state index in [0.717, 1.165) is 17.8 Å². The maximum atomic E-state index is 12.9. The molecule has 0 unspecified atom stereocenters. The van der Waals surface area contributed by atoms with E-state index < -0.39 is 11.9 Å². The number of likely N-dealkylation sites (tertiary alicyclic amines) is 2. The summed E-state index contributed by atoms with van der Waals surface area (Å²) in [7, 11) is 3.46. The van der Waals surface area contributed by atoms with E-state index in [0.29, 0.717) is 19.0 Å². The number of hydrogen-bond acceptors (Lipinski definition) is 3. The van der Waals surface area contributed by atoms with Gasteiger partial charge in [0.1, 0.15) is 5.82 Å². The van der Waals surface area contributed by atoms with Crippen molar-refractivity contribution in [1.29, 1.82) is 0 Å². The highest BCUT2D eigenvalue weighted by Crippen LogP contribution is 2.41. The number of nitrogens with zero attached hydrogens (tertiary/aromatic N) is 4. The third kappa shape index (κ3) is 2.74. The van der Waals surface area contributed by atoms with E-state index in [1.54, 1.807) is 4.90 Å². The highest BCUT2D eigenvalue weighted by atomic mass is 19.4. The molecule has 2 aliphatic rings. The fourth-order valence-corrected chi connectivity index (χ4v) is 4.04. The van der Waals surface area contributed by atoms with E-state index in [9.17, 15) is 18.0 Å². The van der Waals surface area contributed by atoms with E-state index in [1.807, 2.05) is 0 Å². The number of halogens is 3. The lowest BCUT2D eigenvalue weighted by Crippen LogP contribution is -2.37. The number of carbonyl (C=O) groups excluding carboxylic acids is 1. The largest absolute Gasteiger partial charge is 0.435 e. The standard InChI is InChI=1S/C15H22F3N5O/c1-9-11(15(16,17)18)20-22(4)12(9)19-13(24)23-6-10-5-21(3)7-14(10,2)8-23/h10H,5-8H2,1-4H3,(H,19,24)/t10-,14+/m1/s1. The number of fused-ring (bicyclic) bond motifs is 1. The van der Waals surface area contributed by atoms with Gasteiger partial charge in [-0.2, -0.15) is 18.3 Å². The topological polar surface area (TPSA) is 53.4 Å². The smallest absolute Gasteiger partial charge is 0.324 e. The van der Waals surface area contributed by atoms with Gasteiger partial charge in [0.05, 0.1) is 0 Å². The second-order valence-electron chi connectivity index (χ2n) is 7.30. The monoisotopic (exact) mass is 345 g/mol. The summed E-state index contributed by atoms with van der Waals surface area (Å²) in [5.74, 6) is 0.485. The molecule has 2 aliphatic heterocycles. The molecule has 0 saturated carbocycles. The summed E-state index contributed by atoms with van der Waals surface area (Å²) in [5, 5.41) is 6.10. The molecule has 9 heteroatoms. The van der Waals surface area contributed by atoms with Crippen molar-refractivity contribution >= 4 is 11.8 Å². The zero-order valence-electron chi connectivity index (χ0n) is 14.2. The van der Waals surface area contributed by atoms with Crippen LogP contribution < -0.4 is 5.32 Å². The van der Waals surface area contributed by atoms with Crippen LogP contribution in [0.4, 0.5) is 23.8 Å². The molecule has 2 amide bonds. The molecular weight excluding hydrogens is 323 g/mol. The molecule has 0 radical (unpaired) electrons. The highest BCUT2D eigenvalue weighted by molar-refractivity contribution is 5.89. The van der Waals surface area contributed by atoms with Crippen molar-refractivity contribution in [2.75, 3.05) is 38.5 Å². The minimum absolute atomic E-state index is 0.0464. The maximum Gasteiger partial charge on any atom is 0.435 e. The van der Waals surface area contributed by atoms with Crippen molar-refractivity contribution < 1.29 is 18.0 Å². The van der Waals surface area contributed by atoms with E-state index in [1.165, 1.54) is 14.0 Å². The minimum atomic E-state index is -4.53. The fraction of sp³-hybridized carbons (Fsp3) is 0.733. The predicted octanol–water partition coefficient (Wildman–Crippen LogP) is 2.16. The van der Waals surface area contributed by atoms with Crippen molar-refractivity contribution in [3.05, 3.63) is 11.3 Å². The first-order chi connectivity index (χ1) is 11.0. The van der Waals surface area contributed by atoms with E-state index in [2.05, 4.69) is 29.3 Å². The van der Waals surface area contributed by atoms with Gasteiger partial charge in [-0.3, -0.25) is 10.00 Å². The first-order valence-electron chi connectivity index (χ1n) is 7.86. The van der Waals surface area contributed by atoms with Gasteiger partial charge in [-0.15, -0.1) is 0 Å². The number of alkyl halides is 3. The lowest BCUT2D eigenvalue weighted by molar-refractivity contribution is -0.141. The zero-order valence-corrected chi connectivity index (χ0v) is 14.2. The summed E-state index contributed by atoms with van der Waals surface area (Å²) in [6.07, 6.45) is -4.53. The van der Waals surface area contributed by atoms with Crippen molar-refractivity contribution in [2.24, 2.45) is 18.4 Å². The Labute approximate surface area is 138 Å². The van der Waals surface area contributed by atoms with Gasteiger partial charge in [0, 0.05) is 44.2 Å². The molecule has 3 heterocycles. The van der Waals surface area contributed by atoms with Crippen LogP contribution in [0.3, 0.4) is 0 Å². The Bertz CT molecular complexity index is 671. The van der Waals surface area contributed by atoms with Crippen LogP contribution in [0, 0.1) is 18.3 Å². The van der Waals surface area contributed by atoms with Crippen LogP contribution in [0.2, 0.25) is 0 Å². The predicted molar refractivity (Wildman–Crippen MR) is 82.6 cm³/mol. The second-order valence-corrected chi connectivity index (χ2v) is 7.30. The van der Waals surface area contributed by atoms with Crippen molar-refractivity contribution in [3.8, 4) is 0 Å². The average Bonchev–Trinajstić information content (AvgIpc) is 2.99. The Morgan fingerprint density at radius 1 is 1.29 bits per heavy atom. The van der Waals surface area contributed by atoms with Crippen molar-refractivity contribution in [2.45, 2.75) is 20.0 Å². The molecule has 1 aromatic heterocycles. The molecule has 0 bridgehead atoms. The number of aromatic nitrogens is 2. The molecule has 6 nitrogen and oxygen atoms in total. The number of hydrogen-bond donors (Lipinski definition) is 1. The number of rotatable bonds is 1. The Hall–Kier alpha value is -1.77. The van der Waals surface area contributed by atoms with Gasteiger partial charge in [-0.05, 0) is 19.9 Å². The minimum Gasteiger partial charge on any atom is -0.324 e. The molecule has 3 rings (SSSR count). The summed E-state index contributed by atoms with van der Waals surface area (Å²) in [6, 6.07) is -0.367. The number of anilines is 1. The Balaban J connectivity index is 1.74. The van der Waals surface area contributed by atoms with Gasteiger partial charge in [0.2, 0.25) is 0 Å². The van der Waals surface area contributed by atoms with Crippen LogP contribution in [0.15, 0.2) is 0 Å². The van der Waals surface area contributed by atoms with E-state index in [-0.39, 0.29) is 22.8 Å². The number of amides is 2. The lowest BCUT2D eigenvalue weighted by atomic mass is 9.83. The van der Waals surface area contributed by atoms with Crippen molar-refractivity contribution in [3.63, 3.8) is 0 Å². The van der Waals surface area contributed by atoms with Crippen LogP contribution in [0.1, 0.15) is 18.2 Å². The summed E-state index contributed by atoms with van der Waals surface area (Å²) in [6.45, 7) is 6.56. The first kappa shape index (κ1) is 17.1. The van der Waals surface area contributed by atoms with E-state index in [4.69, 9.17) is 0 Å². The van der Waals surface area contributed by atoms with Gasteiger partial charge in [0.25, 0.3) is 0 Å². The number of nitrogens with one attached hydrogen (secondary N) is 1. The molecule has 2 fully saturated rings. The quantitative estimate of drug-likeness (QED) is 0.849. The molecule has 0 aromatic carbocycles. The van der Waals surface area contributed by atoms with Gasteiger partial charge < -0.3 is 9.80 Å². The number of aryl methyl sites for hydroxylation is 1. The fourth-order valence-electron chi connectivity index (χ4n) is 4.04. The molecule has 24 heavy (non-hydrogen) atoms. The van der Waals surface area contributed by atoms with Crippen LogP contribution in [0.5, 0.6) is 0 Å². The van der Waals surface area contributed by atoms with Crippen LogP contribution in [-0.4, -0.2) is 58.8 Å². The van der Waals surface area contributed by atoms with Gasteiger partial charge in [0.15, 0.2) is 5.69 Å². The molecule has 1 N–H and O–H groups in total. The second kappa shape index (κ2) is 5.37. The molecule has 134 valence electrons. The Kier molecular flexibility index (Phi) is 3.82. The zero-order chi connectivity index (χ0) is 17.9. The average molecular weight is 345 g/mol. The van der Waals surface area contributed by atoms with Crippen molar-refractivity contribution in [1.82, 2.24) is 19.6 Å². The summed E-state index contributed by atoms with van der Waals surface area (Å²) >= 11 is 0. The van der Waals surface area contributed by atoms with E-state index >= 15 is 0 Å². The lowest BCUT2D eigenvalue weighted by Gasteiger charge is -2.24. The molecular formula is C15H22F3N5O. The van der Waals surface area contributed by atoms with Gasteiger partial charge in [-0.1, -0.05) is 6.92 Å². The molecule has 0 aliphatic carbocycles. The molecule has 2 atom stereocenters. The number of urea groups is 1. The van der Waals surface area contributed by atoms with Crippen LogP contribution in [-0.2, 0) is 13.2 Å². The maximum absolute atomic E-state index is 12.9. The normalized spacial score (nSPS) is 27.6. The Morgan fingerprint density at radius 3 is 2.50 bits per heavy atom. The first-order valence-corrected chi connectivity index (χ1v) is 7.86. The molecule has 1 aromatic rings. The van der Waals surface area contributed by atoms with Gasteiger partial charge >= 0.3 is 12.2 Å². The van der Waals surface area contributed by atoms with Gasteiger partial charge in [-0.25, -0.2) is 4.79 Å². The number of carbonyl (C=O) groups is 1. The summed E-state index contributed by atoms with van der Waals surface area (Å²) in [5.41, 5.74) is -0.985.